The maximum atomic E-state index is 12.6. The molecule has 3 heterocycles. The van der Waals surface area contributed by atoms with Gasteiger partial charge in [0.1, 0.15) is 4.21 Å². The van der Waals surface area contributed by atoms with Crippen LogP contribution in [0.2, 0.25) is 0 Å². The fraction of sp³-hybridized carbons (Fsp3) is 0.118. The van der Waals surface area contributed by atoms with E-state index in [0.717, 1.165) is 16.9 Å². The first kappa shape index (κ1) is 17.4. The van der Waals surface area contributed by atoms with Crippen LogP contribution < -0.4 is 4.72 Å². The quantitative estimate of drug-likeness (QED) is 0.522. The summed E-state index contributed by atoms with van der Waals surface area (Å²) in [6, 6.07) is 10.1. The number of aromatic nitrogens is 3. The highest BCUT2D eigenvalue weighted by atomic mass is 32.2. The Kier molecular flexibility index (Phi) is 4.50. The fourth-order valence-corrected chi connectivity index (χ4v) is 4.58. The molecule has 3 aromatic heterocycles. The van der Waals surface area contributed by atoms with Crippen LogP contribution in [0.3, 0.4) is 0 Å². The molecule has 0 unspecified atom stereocenters. The van der Waals surface area contributed by atoms with Crippen molar-refractivity contribution in [3.63, 3.8) is 0 Å². The van der Waals surface area contributed by atoms with Gasteiger partial charge in [-0.3, -0.25) is 4.72 Å². The number of hydrogen-bond donors (Lipinski definition) is 1. The third kappa shape index (κ3) is 3.62. The van der Waals surface area contributed by atoms with E-state index in [1.54, 1.807) is 41.9 Å². The average molecular weight is 402 g/mol. The van der Waals surface area contributed by atoms with Gasteiger partial charge in [0.05, 0.1) is 6.20 Å². The Hall–Kier alpha value is -2.98. The van der Waals surface area contributed by atoms with Gasteiger partial charge in [-0.05, 0) is 30.3 Å². The number of anilines is 1. The smallest absolute Gasteiger partial charge is 0.271 e. The Morgan fingerprint density at radius 1 is 1.11 bits per heavy atom. The van der Waals surface area contributed by atoms with E-state index in [2.05, 4.69) is 20.0 Å². The molecule has 0 radical (unpaired) electrons. The number of nitrogens with one attached hydrogen (secondary N) is 1. The number of benzene rings is 1. The van der Waals surface area contributed by atoms with Crippen LogP contribution >= 0.6 is 11.3 Å². The van der Waals surface area contributed by atoms with Crippen molar-refractivity contribution in [2.75, 3.05) is 4.72 Å². The van der Waals surface area contributed by atoms with Gasteiger partial charge in [-0.25, -0.2) is 8.42 Å². The number of sulfonamides is 1. The summed E-state index contributed by atoms with van der Waals surface area (Å²) in [4.78, 5) is 4.21. The van der Waals surface area contributed by atoms with E-state index in [1.807, 2.05) is 6.92 Å². The highest BCUT2D eigenvalue weighted by Crippen LogP contribution is 2.29. The predicted molar refractivity (Wildman–Crippen MR) is 99.7 cm³/mol. The molecular formula is C17H14N4O4S2. The normalized spacial score (nSPS) is 11.6. The summed E-state index contributed by atoms with van der Waals surface area (Å²) >= 11 is 1.09. The maximum Gasteiger partial charge on any atom is 0.271 e. The van der Waals surface area contributed by atoms with Gasteiger partial charge in [0.2, 0.25) is 11.7 Å². The highest BCUT2D eigenvalue weighted by molar-refractivity contribution is 7.94. The molecule has 138 valence electrons. The predicted octanol–water partition coefficient (Wildman–Crippen LogP) is 3.82. The molecule has 0 aliphatic heterocycles. The molecule has 27 heavy (non-hydrogen) atoms. The van der Waals surface area contributed by atoms with Crippen LogP contribution in [0.15, 0.2) is 61.2 Å². The van der Waals surface area contributed by atoms with Crippen molar-refractivity contribution < 1.29 is 17.5 Å². The van der Waals surface area contributed by atoms with Crippen molar-refractivity contribution in [3.8, 4) is 22.7 Å². The third-order valence-corrected chi connectivity index (χ3v) is 6.55. The van der Waals surface area contributed by atoms with E-state index in [1.165, 1.54) is 6.07 Å². The van der Waals surface area contributed by atoms with Gasteiger partial charge < -0.3 is 9.05 Å². The molecular weight excluding hydrogens is 388 g/mol. The Morgan fingerprint density at radius 2 is 1.93 bits per heavy atom. The molecule has 0 amide bonds. The average Bonchev–Trinajstić information content (AvgIpc) is 3.42. The minimum Gasteiger partial charge on any atom is -0.356 e. The second-order valence-corrected chi connectivity index (χ2v) is 8.40. The van der Waals surface area contributed by atoms with Gasteiger partial charge in [-0.2, -0.15) is 4.98 Å². The van der Waals surface area contributed by atoms with Gasteiger partial charge in [0.15, 0.2) is 5.76 Å². The molecule has 8 nitrogen and oxygen atoms in total. The minimum atomic E-state index is -3.72. The van der Waals surface area contributed by atoms with Crippen LogP contribution in [0.4, 0.5) is 5.69 Å². The van der Waals surface area contributed by atoms with Crippen molar-refractivity contribution >= 4 is 27.0 Å². The summed E-state index contributed by atoms with van der Waals surface area (Å²) in [5.41, 5.74) is 1.85. The molecule has 4 aromatic rings. The van der Waals surface area contributed by atoms with Gasteiger partial charge in [-0.15, -0.1) is 11.3 Å². The van der Waals surface area contributed by atoms with Crippen molar-refractivity contribution in [3.05, 3.63) is 53.9 Å². The molecule has 0 aliphatic rings. The second kappa shape index (κ2) is 6.97. The summed E-state index contributed by atoms with van der Waals surface area (Å²) in [5, 5.41) is 9.20. The first-order valence-electron chi connectivity index (χ1n) is 8.00. The lowest BCUT2D eigenvalue weighted by atomic mass is 10.1. The van der Waals surface area contributed by atoms with E-state index in [4.69, 9.17) is 9.05 Å². The van der Waals surface area contributed by atoms with E-state index >= 15 is 0 Å². The van der Waals surface area contributed by atoms with Crippen LogP contribution in [0, 0.1) is 0 Å². The molecule has 0 aliphatic carbocycles. The zero-order valence-electron chi connectivity index (χ0n) is 14.1. The first-order valence-corrected chi connectivity index (χ1v) is 10.4. The minimum absolute atomic E-state index is 0.166. The summed E-state index contributed by atoms with van der Waals surface area (Å²) in [6.45, 7) is 1.90. The fourth-order valence-electron chi connectivity index (χ4n) is 2.36. The third-order valence-electron chi connectivity index (χ3n) is 3.73. The van der Waals surface area contributed by atoms with Crippen molar-refractivity contribution in [2.24, 2.45) is 0 Å². The van der Waals surface area contributed by atoms with Crippen LogP contribution in [-0.4, -0.2) is 23.7 Å². The Balaban J connectivity index is 1.53. The molecule has 0 saturated heterocycles. The van der Waals surface area contributed by atoms with Gasteiger partial charge >= 0.3 is 0 Å². The molecule has 1 N–H and O–H groups in total. The number of rotatable bonds is 6. The molecule has 0 bridgehead atoms. The van der Waals surface area contributed by atoms with E-state index < -0.39 is 10.0 Å². The molecule has 0 saturated carbocycles. The van der Waals surface area contributed by atoms with E-state index in [-0.39, 0.29) is 4.21 Å². The molecule has 0 atom stereocenters. The Bertz CT molecular complexity index is 1150. The van der Waals surface area contributed by atoms with Gasteiger partial charge in [0.25, 0.3) is 10.0 Å². The molecule has 10 heteroatoms. The van der Waals surface area contributed by atoms with Crippen molar-refractivity contribution in [1.29, 1.82) is 0 Å². The number of aryl methyl sites for hydroxylation is 1. The summed E-state index contributed by atoms with van der Waals surface area (Å²) < 4.78 is 38.1. The monoisotopic (exact) mass is 402 g/mol. The number of nitrogens with zero attached hydrogens (tertiary/aromatic N) is 3. The van der Waals surface area contributed by atoms with E-state index in [0.29, 0.717) is 35.1 Å². The molecule has 4 rings (SSSR count). The number of thiophene rings is 1. The van der Waals surface area contributed by atoms with Crippen molar-refractivity contribution in [1.82, 2.24) is 15.3 Å². The Labute approximate surface area is 158 Å². The van der Waals surface area contributed by atoms with Crippen molar-refractivity contribution in [2.45, 2.75) is 17.6 Å². The lowest BCUT2D eigenvalue weighted by molar-refractivity contribution is 0.383. The molecule has 1 aromatic carbocycles. The second-order valence-electron chi connectivity index (χ2n) is 5.58. The van der Waals surface area contributed by atoms with E-state index in [9.17, 15) is 8.42 Å². The summed E-state index contributed by atoms with van der Waals surface area (Å²) in [7, 11) is -3.72. The standard InChI is InChI=1S/C17H14N4O4S2/c1-2-15-19-17(20-25-15)12-9-16(26-10-12)27(22,23)21-13-5-3-11(4-6-13)14-7-8-18-24-14/h3-10,21H,2H2,1H3. The van der Waals surface area contributed by atoms with Gasteiger partial charge in [0, 0.05) is 34.7 Å². The summed E-state index contributed by atoms with van der Waals surface area (Å²) in [6.07, 6.45) is 2.17. The van der Waals surface area contributed by atoms with Crippen LogP contribution in [0.25, 0.3) is 22.7 Å². The maximum absolute atomic E-state index is 12.6. The lowest BCUT2D eigenvalue weighted by Crippen LogP contribution is -2.11. The zero-order chi connectivity index (χ0) is 18.9. The first-order chi connectivity index (χ1) is 13.0. The topological polar surface area (TPSA) is 111 Å². The van der Waals surface area contributed by atoms with Crippen LogP contribution in [0.5, 0.6) is 0 Å². The van der Waals surface area contributed by atoms with Crippen LogP contribution in [0.1, 0.15) is 12.8 Å². The highest BCUT2D eigenvalue weighted by Gasteiger charge is 2.19. The SMILES string of the molecule is CCc1nc(-c2csc(S(=O)(=O)Nc3ccc(-c4ccno4)cc3)c2)no1. The number of hydrogen-bond acceptors (Lipinski definition) is 8. The largest absolute Gasteiger partial charge is 0.356 e. The van der Waals surface area contributed by atoms with Crippen LogP contribution in [-0.2, 0) is 16.4 Å². The summed E-state index contributed by atoms with van der Waals surface area (Å²) in [5.74, 6) is 1.49. The molecule has 0 spiro atoms. The lowest BCUT2D eigenvalue weighted by Gasteiger charge is -2.06. The Morgan fingerprint density at radius 3 is 2.59 bits per heavy atom. The van der Waals surface area contributed by atoms with Gasteiger partial charge in [-0.1, -0.05) is 17.2 Å². The molecule has 0 fully saturated rings. The zero-order valence-corrected chi connectivity index (χ0v) is 15.8.